The van der Waals surface area contributed by atoms with Gasteiger partial charge in [0.25, 0.3) is 5.91 Å². The fraction of sp³-hybridized carbons (Fsp3) is 0.333. The second-order valence-corrected chi connectivity index (χ2v) is 6.15. The summed E-state index contributed by atoms with van der Waals surface area (Å²) in [6, 6.07) is 10.4. The number of nitrogens with one attached hydrogen (secondary N) is 1. The summed E-state index contributed by atoms with van der Waals surface area (Å²) < 4.78 is 16.0. The van der Waals surface area contributed by atoms with Gasteiger partial charge in [0.05, 0.1) is 19.3 Å². The highest BCUT2D eigenvalue weighted by molar-refractivity contribution is 5.98. The van der Waals surface area contributed by atoms with Crippen molar-refractivity contribution >= 4 is 17.6 Å². The summed E-state index contributed by atoms with van der Waals surface area (Å²) in [5.41, 5.74) is 3.02. The Hall–Kier alpha value is -3.02. The van der Waals surface area contributed by atoms with Crippen LogP contribution in [0.3, 0.4) is 0 Å². The van der Waals surface area contributed by atoms with Crippen LogP contribution in [-0.2, 0) is 9.53 Å². The Bertz CT molecular complexity index is 831. The van der Waals surface area contributed by atoms with Crippen molar-refractivity contribution in [2.45, 2.75) is 33.8 Å². The topological polar surface area (TPSA) is 73.9 Å². The Kier molecular flexibility index (Phi) is 6.82. The highest BCUT2D eigenvalue weighted by atomic mass is 16.5. The van der Waals surface area contributed by atoms with Crippen molar-refractivity contribution in [1.82, 2.24) is 0 Å². The Morgan fingerprint density at radius 1 is 1.07 bits per heavy atom. The van der Waals surface area contributed by atoms with Crippen LogP contribution in [0.2, 0.25) is 0 Å². The monoisotopic (exact) mass is 371 g/mol. The first-order valence-electron chi connectivity index (χ1n) is 8.75. The van der Waals surface area contributed by atoms with E-state index in [-0.39, 0.29) is 5.56 Å². The number of benzene rings is 2. The first-order valence-corrected chi connectivity index (χ1v) is 8.75. The number of aryl methyl sites for hydroxylation is 2. The average Bonchev–Trinajstić information content (AvgIpc) is 2.64. The maximum atomic E-state index is 12.4. The molecule has 0 saturated carbocycles. The quantitative estimate of drug-likeness (QED) is 0.748. The van der Waals surface area contributed by atoms with E-state index in [1.807, 2.05) is 39.0 Å². The van der Waals surface area contributed by atoms with Crippen molar-refractivity contribution in [1.29, 1.82) is 0 Å². The van der Waals surface area contributed by atoms with E-state index in [0.29, 0.717) is 23.8 Å². The van der Waals surface area contributed by atoms with Crippen LogP contribution in [0.15, 0.2) is 36.4 Å². The molecule has 2 aromatic rings. The van der Waals surface area contributed by atoms with Crippen LogP contribution >= 0.6 is 0 Å². The normalized spacial score (nSPS) is 11.4. The molecule has 2 rings (SSSR count). The molecular weight excluding hydrogens is 346 g/mol. The van der Waals surface area contributed by atoms with Gasteiger partial charge in [0, 0.05) is 5.69 Å². The predicted molar refractivity (Wildman–Crippen MR) is 104 cm³/mol. The van der Waals surface area contributed by atoms with E-state index in [0.717, 1.165) is 11.1 Å². The number of methoxy groups -OCH3 is 1. The summed E-state index contributed by atoms with van der Waals surface area (Å²) in [5.74, 6) is -0.0356. The molecule has 144 valence electrons. The van der Waals surface area contributed by atoms with Crippen molar-refractivity contribution in [2.24, 2.45) is 0 Å². The molecule has 0 aromatic heterocycles. The number of esters is 1. The largest absolute Gasteiger partial charge is 0.493 e. The minimum absolute atomic E-state index is 0.283. The van der Waals surface area contributed by atoms with Gasteiger partial charge in [-0.15, -0.1) is 0 Å². The Morgan fingerprint density at radius 2 is 1.81 bits per heavy atom. The molecule has 0 saturated heterocycles. The number of hydrogen-bond acceptors (Lipinski definition) is 5. The van der Waals surface area contributed by atoms with E-state index in [4.69, 9.17) is 14.2 Å². The van der Waals surface area contributed by atoms with Crippen LogP contribution in [0.5, 0.6) is 11.5 Å². The molecule has 0 heterocycles. The van der Waals surface area contributed by atoms with Crippen LogP contribution in [0.25, 0.3) is 0 Å². The van der Waals surface area contributed by atoms with E-state index in [1.54, 1.807) is 18.2 Å². The Labute approximate surface area is 159 Å². The molecule has 0 fully saturated rings. The Morgan fingerprint density at radius 3 is 2.44 bits per heavy atom. The number of carbonyl (C=O) groups excluding carboxylic acids is 2. The summed E-state index contributed by atoms with van der Waals surface area (Å²) in [4.78, 5) is 24.7. The minimum atomic E-state index is -0.948. The maximum Gasteiger partial charge on any atom is 0.339 e. The maximum absolute atomic E-state index is 12.4. The molecule has 0 bridgehead atoms. The molecule has 0 unspecified atom stereocenters. The highest BCUT2D eigenvalue weighted by Gasteiger charge is 2.20. The third kappa shape index (κ3) is 5.23. The predicted octanol–water partition coefficient (Wildman–Crippen LogP) is 3.89. The lowest BCUT2D eigenvalue weighted by Gasteiger charge is -2.16. The molecule has 0 radical (unpaired) electrons. The standard InChI is InChI=1S/C21H25NO5/c1-6-26-19-12-16(8-10-18(19)25-5)21(24)27-15(4)20(23)22-17-9-7-13(2)11-14(17)3/h7-12,15H,6H2,1-5H3,(H,22,23)/t15-/m1/s1. The summed E-state index contributed by atoms with van der Waals surface area (Å²) in [6.45, 7) is 7.69. The van der Waals surface area contributed by atoms with Crippen molar-refractivity contribution in [2.75, 3.05) is 19.0 Å². The van der Waals surface area contributed by atoms with Crippen molar-refractivity contribution in [3.05, 3.63) is 53.1 Å². The van der Waals surface area contributed by atoms with Gasteiger partial charge < -0.3 is 19.5 Å². The molecular formula is C21H25NO5. The number of rotatable bonds is 7. The summed E-state index contributed by atoms with van der Waals surface area (Å²) >= 11 is 0. The zero-order valence-electron chi connectivity index (χ0n) is 16.3. The summed E-state index contributed by atoms with van der Waals surface area (Å²) in [5, 5.41) is 2.78. The summed E-state index contributed by atoms with van der Waals surface area (Å²) in [7, 11) is 1.52. The molecule has 2 aromatic carbocycles. The van der Waals surface area contributed by atoms with Gasteiger partial charge in [0.15, 0.2) is 17.6 Å². The van der Waals surface area contributed by atoms with Crippen LogP contribution in [0.1, 0.15) is 35.3 Å². The van der Waals surface area contributed by atoms with Crippen LogP contribution < -0.4 is 14.8 Å². The minimum Gasteiger partial charge on any atom is -0.493 e. The molecule has 1 N–H and O–H groups in total. The number of anilines is 1. The SMILES string of the molecule is CCOc1cc(C(=O)O[C@H](C)C(=O)Nc2ccc(C)cc2C)ccc1OC. The van der Waals surface area contributed by atoms with E-state index < -0.39 is 18.0 Å². The molecule has 1 atom stereocenters. The van der Waals surface area contributed by atoms with Crippen LogP contribution in [0.4, 0.5) is 5.69 Å². The molecule has 0 aliphatic heterocycles. The fourth-order valence-corrected chi connectivity index (χ4v) is 2.54. The average molecular weight is 371 g/mol. The fourth-order valence-electron chi connectivity index (χ4n) is 2.54. The molecule has 0 spiro atoms. The van der Waals surface area contributed by atoms with Gasteiger partial charge in [-0.2, -0.15) is 0 Å². The van der Waals surface area contributed by atoms with Gasteiger partial charge in [-0.1, -0.05) is 17.7 Å². The van der Waals surface area contributed by atoms with Crippen molar-refractivity contribution in [3.63, 3.8) is 0 Å². The molecule has 27 heavy (non-hydrogen) atoms. The number of hydrogen-bond donors (Lipinski definition) is 1. The second-order valence-electron chi connectivity index (χ2n) is 6.15. The van der Waals surface area contributed by atoms with Crippen LogP contribution in [-0.4, -0.2) is 31.7 Å². The number of ether oxygens (including phenoxy) is 3. The molecule has 0 aliphatic rings. The smallest absolute Gasteiger partial charge is 0.339 e. The first-order chi connectivity index (χ1) is 12.8. The lowest BCUT2D eigenvalue weighted by molar-refractivity contribution is -0.123. The van der Waals surface area contributed by atoms with Crippen molar-refractivity contribution in [3.8, 4) is 11.5 Å². The van der Waals surface area contributed by atoms with E-state index in [2.05, 4.69) is 5.32 Å². The second kappa shape index (κ2) is 9.07. The third-order valence-corrected chi connectivity index (χ3v) is 3.99. The zero-order chi connectivity index (χ0) is 20.0. The third-order valence-electron chi connectivity index (χ3n) is 3.99. The van der Waals surface area contributed by atoms with E-state index in [9.17, 15) is 9.59 Å². The van der Waals surface area contributed by atoms with Gasteiger partial charge in [-0.3, -0.25) is 4.79 Å². The number of amides is 1. The number of carbonyl (C=O) groups is 2. The molecule has 6 nitrogen and oxygen atoms in total. The van der Waals surface area contributed by atoms with Crippen LogP contribution in [0, 0.1) is 13.8 Å². The molecule has 0 aliphatic carbocycles. The van der Waals surface area contributed by atoms with Gasteiger partial charge >= 0.3 is 5.97 Å². The Balaban J connectivity index is 2.06. The summed E-state index contributed by atoms with van der Waals surface area (Å²) in [6.07, 6.45) is -0.948. The van der Waals surface area contributed by atoms with Crippen molar-refractivity contribution < 1.29 is 23.8 Å². The van der Waals surface area contributed by atoms with Gasteiger partial charge in [-0.25, -0.2) is 4.79 Å². The van der Waals surface area contributed by atoms with Gasteiger partial charge in [-0.05, 0) is 57.5 Å². The first kappa shape index (κ1) is 20.3. The van der Waals surface area contributed by atoms with E-state index in [1.165, 1.54) is 14.0 Å². The zero-order valence-corrected chi connectivity index (χ0v) is 16.3. The lowest BCUT2D eigenvalue weighted by Crippen LogP contribution is -2.30. The van der Waals surface area contributed by atoms with Gasteiger partial charge in [0.1, 0.15) is 0 Å². The highest BCUT2D eigenvalue weighted by Crippen LogP contribution is 2.28. The molecule has 6 heteroatoms. The van der Waals surface area contributed by atoms with E-state index >= 15 is 0 Å². The molecule has 1 amide bonds. The van der Waals surface area contributed by atoms with Gasteiger partial charge in [0.2, 0.25) is 0 Å². The lowest BCUT2D eigenvalue weighted by atomic mass is 10.1.